The summed E-state index contributed by atoms with van der Waals surface area (Å²) in [6, 6.07) is 14.2. The van der Waals surface area contributed by atoms with Crippen molar-refractivity contribution in [3.05, 3.63) is 72.2 Å². The third kappa shape index (κ3) is 4.31. The van der Waals surface area contributed by atoms with Gasteiger partial charge in [0.25, 0.3) is 0 Å². The van der Waals surface area contributed by atoms with Crippen LogP contribution in [0.2, 0.25) is 0 Å². The average molecular weight is 425 g/mol. The van der Waals surface area contributed by atoms with Gasteiger partial charge in [0, 0.05) is 45.2 Å². The number of pyridine rings is 1. The van der Waals surface area contributed by atoms with Crippen LogP contribution in [0.25, 0.3) is 16.9 Å². The Bertz CT molecular complexity index is 953. The van der Waals surface area contributed by atoms with Gasteiger partial charge in [-0.25, -0.2) is 9.78 Å². The van der Waals surface area contributed by atoms with E-state index in [1.165, 1.54) is 0 Å². The van der Waals surface area contributed by atoms with Gasteiger partial charge < -0.3 is 9.30 Å². The van der Waals surface area contributed by atoms with Crippen molar-refractivity contribution in [2.45, 2.75) is 13.8 Å². The molecule has 2 aromatic heterocycles. The number of ether oxygens (including phenoxy) is 1. The molecule has 26 heavy (non-hydrogen) atoms. The van der Waals surface area contributed by atoms with E-state index in [2.05, 4.69) is 22.9 Å². The Hall–Kier alpha value is -2.63. The molecule has 0 unspecified atom stereocenters. The van der Waals surface area contributed by atoms with Crippen LogP contribution < -0.4 is 0 Å². The number of hydrogen-bond donors (Lipinski definition) is 0. The van der Waals surface area contributed by atoms with Gasteiger partial charge in [-0.2, -0.15) is 30.3 Å². The predicted octanol–water partition coefficient (Wildman–Crippen LogP) is 3.89. The molecule has 0 bridgehead atoms. The number of nitrogens with zero attached hydrogens (tertiary/aromatic N) is 2. The van der Waals surface area contributed by atoms with E-state index in [9.17, 15) is 4.79 Å². The maximum atomic E-state index is 11.9. The zero-order valence-electron chi connectivity index (χ0n) is 14.5. The smallest absolute Gasteiger partial charge is 0.338 e. The van der Waals surface area contributed by atoms with Gasteiger partial charge in [-0.15, -0.1) is 11.5 Å². The van der Waals surface area contributed by atoms with Crippen LogP contribution in [0.1, 0.15) is 29.8 Å². The van der Waals surface area contributed by atoms with Crippen LogP contribution in [-0.2, 0) is 25.8 Å². The fourth-order valence-electron chi connectivity index (χ4n) is 2.51. The SMILES string of the molecule is CC#Cc1cn(-c2cc(C(=O)OCC)ccn2)cc1-c1c[c-]ccc1.[Mo]. The van der Waals surface area contributed by atoms with E-state index in [0.717, 1.165) is 16.7 Å². The summed E-state index contributed by atoms with van der Waals surface area (Å²) < 4.78 is 6.92. The molecule has 3 rings (SSSR count). The number of rotatable bonds is 4. The quantitative estimate of drug-likeness (QED) is 0.276. The van der Waals surface area contributed by atoms with E-state index < -0.39 is 0 Å². The molecule has 0 aliphatic rings. The van der Waals surface area contributed by atoms with Crippen LogP contribution in [0.15, 0.2) is 55.0 Å². The minimum absolute atomic E-state index is 0. The van der Waals surface area contributed by atoms with Crippen molar-refractivity contribution in [1.82, 2.24) is 9.55 Å². The van der Waals surface area contributed by atoms with E-state index in [4.69, 9.17) is 4.74 Å². The number of carbonyl (C=O) groups excluding carboxylic acids is 1. The molecule has 0 spiro atoms. The maximum absolute atomic E-state index is 11.9. The van der Waals surface area contributed by atoms with Gasteiger partial charge >= 0.3 is 5.97 Å². The number of hydrogen-bond acceptors (Lipinski definition) is 3. The van der Waals surface area contributed by atoms with E-state index in [-0.39, 0.29) is 27.0 Å². The van der Waals surface area contributed by atoms with Crippen LogP contribution in [0.5, 0.6) is 0 Å². The molecule has 1 aromatic carbocycles. The fraction of sp³-hybridized carbons (Fsp3) is 0.143. The summed E-state index contributed by atoms with van der Waals surface area (Å²) in [6.45, 7) is 3.92. The fourth-order valence-corrected chi connectivity index (χ4v) is 2.51. The summed E-state index contributed by atoms with van der Waals surface area (Å²) in [5.74, 6) is 6.33. The molecule has 0 aliphatic heterocycles. The van der Waals surface area contributed by atoms with Crippen molar-refractivity contribution >= 4 is 5.97 Å². The summed E-state index contributed by atoms with van der Waals surface area (Å²) in [4.78, 5) is 16.3. The zero-order chi connectivity index (χ0) is 17.6. The monoisotopic (exact) mass is 427 g/mol. The molecule has 0 saturated heterocycles. The Morgan fingerprint density at radius 2 is 2.19 bits per heavy atom. The Morgan fingerprint density at radius 1 is 1.35 bits per heavy atom. The number of aromatic nitrogens is 2. The predicted molar refractivity (Wildman–Crippen MR) is 96.3 cm³/mol. The second kappa shape index (κ2) is 9.17. The molecule has 2 heterocycles. The third-order valence-corrected chi connectivity index (χ3v) is 3.63. The van der Waals surface area contributed by atoms with Gasteiger partial charge in [0.05, 0.1) is 12.2 Å². The summed E-state index contributed by atoms with van der Waals surface area (Å²) in [5.41, 5.74) is 3.39. The number of esters is 1. The van der Waals surface area contributed by atoms with Gasteiger partial charge in [-0.05, 0) is 31.5 Å². The van der Waals surface area contributed by atoms with Crippen molar-refractivity contribution in [3.63, 3.8) is 0 Å². The molecule has 3 aromatic rings. The summed E-state index contributed by atoms with van der Waals surface area (Å²) >= 11 is 0. The van der Waals surface area contributed by atoms with Crippen LogP contribution in [-0.4, -0.2) is 22.1 Å². The van der Waals surface area contributed by atoms with Crippen LogP contribution in [0.3, 0.4) is 0 Å². The molecule has 0 fully saturated rings. The molecular formula is C21H17MoN2O2-. The largest absolute Gasteiger partial charge is 0.462 e. The topological polar surface area (TPSA) is 44.1 Å². The second-order valence-corrected chi connectivity index (χ2v) is 5.28. The van der Waals surface area contributed by atoms with E-state index >= 15 is 0 Å². The molecule has 0 aliphatic carbocycles. The number of carbonyl (C=O) groups is 1. The molecule has 0 radical (unpaired) electrons. The second-order valence-electron chi connectivity index (χ2n) is 5.28. The Morgan fingerprint density at radius 3 is 2.88 bits per heavy atom. The maximum Gasteiger partial charge on any atom is 0.338 e. The first kappa shape index (κ1) is 19.7. The van der Waals surface area contributed by atoms with Crippen LogP contribution >= 0.6 is 0 Å². The first-order valence-electron chi connectivity index (χ1n) is 7.97. The Kier molecular flexibility index (Phi) is 6.95. The average Bonchev–Trinajstić information content (AvgIpc) is 3.07. The standard InChI is InChI=1S/C21H17N2O2.Mo/c1-3-8-18-14-23(15-19(18)16-9-6-5-7-10-16)20-13-17(11-12-22-20)21(24)25-4-2;/h5-6,9-15H,4H2,1-2H3;/q-1;. The van der Waals surface area contributed by atoms with Crippen molar-refractivity contribution < 1.29 is 30.6 Å². The van der Waals surface area contributed by atoms with Crippen molar-refractivity contribution in [3.8, 4) is 28.8 Å². The van der Waals surface area contributed by atoms with Gasteiger partial charge in [0.1, 0.15) is 5.82 Å². The van der Waals surface area contributed by atoms with E-state index in [1.54, 1.807) is 32.2 Å². The summed E-state index contributed by atoms with van der Waals surface area (Å²) in [5, 5.41) is 0. The molecule has 0 amide bonds. The van der Waals surface area contributed by atoms with E-state index in [0.29, 0.717) is 18.0 Å². The van der Waals surface area contributed by atoms with Crippen molar-refractivity contribution in [2.24, 2.45) is 0 Å². The molecule has 4 nitrogen and oxygen atoms in total. The van der Waals surface area contributed by atoms with Crippen molar-refractivity contribution in [2.75, 3.05) is 6.61 Å². The van der Waals surface area contributed by atoms with Gasteiger partial charge in [-0.1, -0.05) is 5.92 Å². The minimum Gasteiger partial charge on any atom is -0.462 e. The minimum atomic E-state index is -0.357. The summed E-state index contributed by atoms with van der Waals surface area (Å²) in [7, 11) is 0. The first-order chi connectivity index (χ1) is 12.2. The van der Waals surface area contributed by atoms with Crippen LogP contribution in [0.4, 0.5) is 0 Å². The molecule has 5 heteroatoms. The van der Waals surface area contributed by atoms with Gasteiger partial charge in [0.2, 0.25) is 0 Å². The Balaban J connectivity index is 0.00000243. The van der Waals surface area contributed by atoms with E-state index in [1.807, 2.05) is 41.2 Å². The third-order valence-electron chi connectivity index (χ3n) is 3.63. The van der Waals surface area contributed by atoms with Gasteiger partial charge in [-0.3, -0.25) is 0 Å². The molecule has 0 N–H and O–H groups in total. The first-order valence-corrected chi connectivity index (χ1v) is 7.97. The molecule has 0 saturated carbocycles. The summed E-state index contributed by atoms with van der Waals surface area (Å²) in [6.07, 6.45) is 5.47. The van der Waals surface area contributed by atoms with Gasteiger partial charge in [0.15, 0.2) is 0 Å². The molecule has 130 valence electrons. The van der Waals surface area contributed by atoms with Crippen LogP contribution in [0, 0.1) is 17.9 Å². The normalized spacial score (nSPS) is 9.62. The zero-order valence-corrected chi connectivity index (χ0v) is 16.5. The number of benzene rings is 1. The molecule has 0 atom stereocenters. The molecular weight excluding hydrogens is 408 g/mol. The van der Waals surface area contributed by atoms with Crippen molar-refractivity contribution in [1.29, 1.82) is 0 Å². The Labute approximate surface area is 167 Å².